The number of nitrogens with one attached hydrogen (secondary N) is 1. The van der Waals surface area contributed by atoms with Gasteiger partial charge in [-0.15, -0.1) is 0 Å². The van der Waals surface area contributed by atoms with E-state index in [-0.39, 0.29) is 35.3 Å². The molecule has 2 saturated carbocycles. The lowest BCUT2D eigenvalue weighted by Gasteiger charge is -2.67. The van der Waals surface area contributed by atoms with Gasteiger partial charge in [-0.05, 0) is 71.5 Å². The number of rotatable bonds is 3. The van der Waals surface area contributed by atoms with Crippen molar-refractivity contribution in [2.75, 3.05) is 6.61 Å². The number of aliphatic hydroxyl groups excluding tert-OH is 2. The van der Waals surface area contributed by atoms with Crippen LogP contribution in [0.3, 0.4) is 0 Å². The molecular weight excluding hydrogens is 827 g/mol. The maximum absolute atomic E-state index is 15.6. The zero-order valence-electron chi connectivity index (χ0n) is 36.3. The minimum absolute atomic E-state index is 0.00782. The molecule has 1 saturated heterocycles. The molecule has 15 nitrogen and oxygen atoms in total. The van der Waals surface area contributed by atoms with Crippen LogP contribution < -0.4 is 5.32 Å². The Bertz CT molecular complexity index is 2510. The van der Waals surface area contributed by atoms with Gasteiger partial charge in [0.25, 0.3) is 5.91 Å². The third-order valence-electron chi connectivity index (χ3n) is 14.4. The zero-order chi connectivity index (χ0) is 46.3. The van der Waals surface area contributed by atoms with Gasteiger partial charge in [0.15, 0.2) is 23.6 Å². The van der Waals surface area contributed by atoms with Crippen molar-refractivity contribution in [2.24, 2.45) is 16.7 Å². The normalized spacial score (nSPS) is 34.7. The molecule has 0 spiro atoms. The van der Waals surface area contributed by atoms with Gasteiger partial charge in [-0.3, -0.25) is 19.2 Å². The number of amides is 1. The predicted molar refractivity (Wildman–Crippen MR) is 226 cm³/mol. The lowest BCUT2D eigenvalue weighted by atomic mass is 9.44. The van der Waals surface area contributed by atoms with Gasteiger partial charge >= 0.3 is 23.9 Å². The first-order valence-corrected chi connectivity index (χ1v) is 21.1. The molecule has 0 radical (unpaired) electrons. The summed E-state index contributed by atoms with van der Waals surface area (Å²) in [6.45, 7) is 12.2. The van der Waals surface area contributed by atoms with Crippen molar-refractivity contribution in [2.45, 2.75) is 108 Å². The molecule has 5 aliphatic rings. The fourth-order valence-electron chi connectivity index (χ4n) is 10.9. The predicted octanol–water partition coefficient (Wildman–Crippen LogP) is 4.11. The molecule has 8 rings (SSSR count). The smallest absolute Gasteiger partial charge is 0.338 e. The summed E-state index contributed by atoms with van der Waals surface area (Å²) in [6, 6.07) is 19.7. The number of fused-ring (bicyclic) bond motifs is 10. The second-order valence-corrected chi connectivity index (χ2v) is 18.3. The van der Waals surface area contributed by atoms with Crippen molar-refractivity contribution in [3.05, 3.63) is 124 Å². The average Bonchev–Trinajstić information content (AvgIpc) is 3.25. The first-order chi connectivity index (χ1) is 30.1. The number of aliphatic hydroxyl groups is 3. The maximum Gasteiger partial charge on any atom is 0.338 e. The van der Waals surface area contributed by atoms with E-state index in [1.807, 2.05) is 0 Å². The Hall–Kier alpha value is -6.00. The third kappa shape index (κ3) is 6.87. The van der Waals surface area contributed by atoms with Crippen LogP contribution in [0.4, 0.5) is 0 Å². The molecule has 4 N–H and O–H groups in total. The summed E-state index contributed by atoms with van der Waals surface area (Å²) < 4.78 is 30.6. The number of hydrogen-bond acceptors (Lipinski definition) is 14. The monoisotopic (exact) mass is 877 g/mol. The Morgan fingerprint density at radius 1 is 0.844 bits per heavy atom. The zero-order valence-corrected chi connectivity index (χ0v) is 36.3. The number of Topliss-reactive ketones (excluding diaryl/α,β-unsaturated/α-hetero) is 1. The van der Waals surface area contributed by atoms with Gasteiger partial charge in [0.2, 0.25) is 0 Å². The van der Waals surface area contributed by atoms with Crippen LogP contribution in [0.15, 0.2) is 96.6 Å². The summed E-state index contributed by atoms with van der Waals surface area (Å²) >= 11 is 0. The van der Waals surface area contributed by atoms with Gasteiger partial charge in [0.1, 0.15) is 23.9 Å². The van der Waals surface area contributed by atoms with Crippen LogP contribution in [0.2, 0.25) is 0 Å². The SMILES string of the molecule is C=C1c2cccc(c2)C(=O)NC(c2ccccc2)[C@@H](O)C(=O)O[C@H]2C[C@]3(O)[C@@H](OC(=O)c4cccc1c4)[C@H]1[C@]4(OC(C)=O)CO[C@@H]4C[C@H](O)[C@@]1(C)C(=O)[C@H](OC(C)=O)C(=C2C)C3(C)C. The molecule has 2 heterocycles. The highest BCUT2D eigenvalue weighted by Gasteiger charge is 2.78. The maximum atomic E-state index is 15.6. The van der Waals surface area contributed by atoms with Crippen molar-refractivity contribution < 1.29 is 67.8 Å². The van der Waals surface area contributed by atoms with E-state index < -0.39 is 113 Å². The standard InChI is InChI=1S/C49H51NO14/c1-24-29-15-11-17-31(19-29)43(56)50-37(28-13-9-8-10-14-28)38(54)45(58)62-33-22-49(59)42(63-44(57)32-18-12-16-30(24)20-32)40-47(7,34(53)21-35-48(40,23-60-35)64-27(4)52)41(55)39(61-26(3)51)36(25(33)2)46(49,5)6/h8-20,33-35,37-40,42,53-54,59H,1,21-23H2,2-7H3,(H,50,56)/t33-,34-,35+,37?,38+,39+,40+,42-,47+,48-,49-/m0/s1. The topological polar surface area (TPSA) is 221 Å². The van der Waals surface area contributed by atoms with Gasteiger partial charge in [-0.1, -0.05) is 75.0 Å². The van der Waals surface area contributed by atoms with Gasteiger partial charge in [-0.2, -0.15) is 0 Å². The summed E-state index contributed by atoms with van der Waals surface area (Å²) in [7, 11) is 0. The van der Waals surface area contributed by atoms with E-state index in [9.17, 15) is 39.3 Å². The van der Waals surface area contributed by atoms with Crippen LogP contribution in [0, 0.1) is 16.7 Å². The summed E-state index contributed by atoms with van der Waals surface area (Å²) in [6.07, 6.45) is -10.7. The summed E-state index contributed by atoms with van der Waals surface area (Å²) in [5.41, 5.74) is -5.96. The molecule has 64 heavy (non-hydrogen) atoms. The number of hydrogen-bond donors (Lipinski definition) is 4. The van der Waals surface area contributed by atoms with E-state index in [1.165, 1.54) is 26.0 Å². The Kier molecular flexibility index (Phi) is 11.1. The van der Waals surface area contributed by atoms with Crippen LogP contribution in [-0.2, 0) is 42.9 Å². The summed E-state index contributed by atoms with van der Waals surface area (Å²) in [5.74, 6) is -7.00. The quantitative estimate of drug-likeness (QED) is 0.165. The van der Waals surface area contributed by atoms with Crippen molar-refractivity contribution in [3.63, 3.8) is 0 Å². The second kappa shape index (κ2) is 15.9. The summed E-state index contributed by atoms with van der Waals surface area (Å²) in [5, 5.41) is 40.7. The molecule has 3 aromatic rings. The number of ketones is 1. The van der Waals surface area contributed by atoms with E-state index in [0.29, 0.717) is 22.3 Å². The summed E-state index contributed by atoms with van der Waals surface area (Å²) in [4.78, 5) is 85.0. The highest BCUT2D eigenvalue weighted by atomic mass is 16.6. The lowest BCUT2D eigenvalue weighted by Crippen LogP contribution is -2.82. The number of carbonyl (C=O) groups excluding carboxylic acids is 6. The number of esters is 4. The molecule has 15 heteroatoms. The van der Waals surface area contributed by atoms with Crippen molar-refractivity contribution in [1.82, 2.24) is 5.32 Å². The number of ether oxygens (including phenoxy) is 5. The highest BCUT2D eigenvalue weighted by Crippen LogP contribution is 2.64. The largest absolute Gasteiger partial charge is 0.456 e. The number of carbonyl (C=O) groups is 6. The Balaban J connectivity index is 1.40. The second-order valence-electron chi connectivity index (χ2n) is 18.3. The molecule has 336 valence electrons. The van der Waals surface area contributed by atoms with E-state index >= 15 is 4.79 Å². The van der Waals surface area contributed by atoms with Gasteiger partial charge in [0, 0.05) is 37.7 Å². The van der Waals surface area contributed by atoms with E-state index in [1.54, 1.807) is 80.6 Å². The van der Waals surface area contributed by atoms with Crippen LogP contribution in [0.25, 0.3) is 5.57 Å². The fourth-order valence-corrected chi connectivity index (χ4v) is 10.9. The van der Waals surface area contributed by atoms with Gasteiger partial charge < -0.3 is 44.3 Å². The number of benzene rings is 3. The molecule has 1 unspecified atom stereocenters. The van der Waals surface area contributed by atoms with E-state index in [4.69, 9.17) is 23.7 Å². The molecule has 3 aliphatic carbocycles. The minimum atomic E-state index is -2.42. The van der Waals surface area contributed by atoms with Crippen molar-refractivity contribution >= 4 is 41.1 Å². The third-order valence-corrected chi connectivity index (χ3v) is 14.4. The average molecular weight is 878 g/mol. The van der Waals surface area contributed by atoms with E-state index in [0.717, 1.165) is 13.8 Å². The molecule has 0 aromatic heterocycles. The lowest BCUT2D eigenvalue weighted by molar-refractivity contribution is -0.346. The van der Waals surface area contributed by atoms with Crippen LogP contribution >= 0.6 is 0 Å². The fraction of sp³-hybridized carbons (Fsp3) is 0.429. The van der Waals surface area contributed by atoms with Gasteiger partial charge in [0.05, 0.1) is 35.6 Å². The first kappa shape index (κ1) is 44.6. The Labute approximate surface area is 369 Å². The van der Waals surface area contributed by atoms with E-state index in [2.05, 4.69) is 11.9 Å². The molecule has 7 bridgehead atoms. The van der Waals surface area contributed by atoms with Crippen molar-refractivity contribution in [1.29, 1.82) is 0 Å². The Morgan fingerprint density at radius 2 is 1.47 bits per heavy atom. The van der Waals surface area contributed by atoms with Crippen LogP contribution in [-0.4, -0.2) is 105 Å². The molecule has 3 fully saturated rings. The molecule has 3 aromatic carbocycles. The first-order valence-electron chi connectivity index (χ1n) is 21.1. The molecular formula is C49H51NO14. The minimum Gasteiger partial charge on any atom is -0.456 e. The molecule has 1 amide bonds. The highest BCUT2D eigenvalue weighted by molar-refractivity contribution is 5.98. The van der Waals surface area contributed by atoms with Gasteiger partial charge in [-0.25, -0.2) is 9.59 Å². The Morgan fingerprint density at radius 3 is 2.08 bits per heavy atom. The molecule has 11 atom stereocenters. The molecule has 2 aliphatic heterocycles. The van der Waals surface area contributed by atoms with Crippen LogP contribution in [0.5, 0.6) is 0 Å². The van der Waals surface area contributed by atoms with Crippen molar-refractivity contribution in [3.8, 4) is 0 Å². The van der Waals surface area contributed by atoms with Crippen LogP contribution in [0.1, 0.15) is 97.8 Å².